The maximum Gasteiger partial charge on any atom is 0.0664 e. The monoisotopic (exact) mass is 227 g/mol. The molecule has 2 nitrogen and oxygen atoms in total. The summed E-state index contributed by atoms with van der Waals surface area (Å²) in [5, 5.41) is 13.1. The molecule has 0 aliphatic heterocycles. The van der Waals surface area contributed by atoms with Crippen molar-refractivity contribution in [1.82, 2.24) is 5.32 Å². The molecule has 1 rings (SSSR count). The Morgan fingerprint density at radius 2 is 1.69 bits per heavy atom. The van der Waals surface area contributed by atoms with Gasteiger partial charge in [0.15, 0.2) is 0 Å². The van der Waals surface area contributed by atoms with E-state index in [4.69, 9.17) is 0 Å². The van der Waals surface area contributed by atoms with Gasteiger partial charge in [-0.25, -0.2) is 0 Å². The second-order valence-corrected chi connectivity index (χ2v) is 5.25. The third-order valence-electron chi connectivity index (χ3n) is 3.36. The fourth-order valence-corrected chi connectivity index (χ4v) is 2.03. The minimum atomic E-state index is -0.115. The molecule has 0 saturated heterocycles. The first-order valence-electron chi connectivity index (χ1n) is 7.24. The first-order chi connectivity index (χ1) is 7.83. The number of aliphatic hydroxyl groups excluding tert-OH is 1. The third kappa shape index (κ3) is 8.12. The van der Waals surface area contributed by atoms with Crippen LogP contribution in [-0.2, 0) is 0 Å². The lowest BCUT2D eigenvalue weighted by Crippen LogP contribution is -2.28. The number of rotatable bonds is 11. The van der Waals surface area contributed by atoms with Crippen LogP contribution in [0.3, 0.4) is 0 Å². The van der Waals surface area contributed by atoms with Crippen molar-refractivity contribution in [3.63, 3.8) is 0 Å². The van der Waals surface area contributed by atoms with E-state index in [1.807, 2.05) is 0 Å². The van der Waals surface area contributed by atoms with Gasteiger partial charge in [-0.05, 0) is 19.3 Å². The van der Waals surface area contributed by atoms with Gasteiger partial charge in [0.05, 0.1) is 6.10 Å². The molecular weight excluding hydrogens is 198 g/mol. The van der Waals surface area contributed by atoms with Crippen molar-refractivity contribution < 1.29 is 5.11 Å². The van der Waals surface area contributed by atoms with Crippen molar-refractivity contribution in [2.24, 2.45) is 0 Å². The first-order valence-corrected chi connectivity index (χ1v) is 7.24. The Morgan fingerprint density at radius 3 is 2.31 bits per heavy atom. The third-order valence-corrected chi connectivity index (χ3v) is 3.36. The highest BCUT2D eigenvalue weighted by Gasteiger charge is 2.20. The molecule has 0 aromatic carbocycles. The Bertz CT molecular complexity index is 157. The Labute approximate surface area is 101 Å². The van der Waals surface area contributed by atoms with Crippen LogP contribution in [-0.4, -0.2) is 23.8 Å². The minimum absolute atomic E-state index is 0.115. The molecule has 0 heterocycles. The van der Waals surface area contributed by atoms with Gasteiger partial charge in [-0.3, -0.25) is 0 Å². The maximum absolute atomic E-state index is 9.70. The van der Waals surface area contributed by atoms with Crippen molar-refractivity contribution in [2.75, 3.05) is 6.54 Å². The SMILES string of the molecule is CCCCCCCCCC(O)CNC1CC1. The summed E-state index contributed by atoms with van der Waals surface area (Å²) in [5.41, 5.74) is 0. The molecule has 16 heavy (non-hydrogen) atoms. The fourth-order valence-electron chi connectivity index (χ4n) is 2.03. The van der Waals surface area contributed by atoms with Crippen molar-refractivity contribution in [3.05, 3.63) is 0 Å². The number of aliphatic hydroxyl groups is 1. The Kier molecular flexibility index (Phi) is 7.87. The summed E-state index contributed by atoms with van der Waals surface area (Å²) < 4.78 is 0. The van der Waals surface area contributed by atoms with E-state index in [1.165, 1.54) is 57.8 Å². The molecule has 1 unspecified atom stereocenters. The predicted octanol–water partition coefficient (Wildman–Crippen LogP) is 3.24. The number of unbranched alkanes of at least 4 members (excludes halogenated alkanes) is 6. The van der Waals surface area contributed by atoms with Crippen LogP contribution < -0.4 is 5.32 Å². The molecule has 1 saturated carbocycles. The highest BCUT2D eigenvalue weighted by Crippen LogP contribution is 2.18. The predicted molar refractivity (Wildman–Crippen MR) is 69.6 cm³/mol. The first kappa shape index (κ1) is 14.0. The van der Waals surface area contributed by atoms with Crippen LogP contribution in [0.25, 0.3) is 0 Å². The molecule has 2 N–H and O–H groups in total. The normalized spacial score (nSPS) is 17.6. The second kappa shape index (κ2) is 9.00. The summed E-state index contributed by atoms with van der Waals surface area (Å²) >= 11 is 0. The zero-order valence-electron chi connectivity index (χ0n) is 10.9. The van der Waals surface area contributed by atoms with Gasteiger partial charge in [0.1, 0.15) is 0 Å². The number of hydrogen-bond donors (Lipinski definition) is 2. The lowest BCUT2D eigenvalue weighted by atomic mass is 10.1. The van der Waals surface area contributed by atoms with Crippen LogP contribution in [0.1, 0.15) is 71.1 Å². The van der Waals surface area contributed by atoms with Crippen LogP contribution in [0.4, 0.5) is 0 Å². The molecule has 0 spiro atoms. The molecule has 1 atom stereocenters. The van der Waals surface area contributed by atoms with Crippen molar-refractivity contribution in [3.8, 4) is 0 Å². The van der Waals surface area contributed by atoms with Crippen molar-refractivity contribution in [1.29, 1.82) is 0 Å². The number of nitrogens with one attached hydrogen (secondary N) is 1. The van der Waals surface area contributed by atoms with Gasteiger partial charge in [0.25, 0.3) is 0 Å². The van der Waals surface area contributed by atoms with Gasteiger partial charge in [0.2, 0.25) is 0 Å². The highest BCUT2D eigenvalue weighted by atomic mass is 16.3. The molecule has 96 valence electrons. The Hall–Kier alpha value is -0.0800. The molecule has 1 fully saturated rings. The molecule has 1 aliphatic carbocycles. The minimum Gasteiger partial charge on any atom is -0.392 e. The van der Waals surface area contributed by atoms with E-state index in [2.05, 4.69) is 12.2 Å². The van der Waals surface area contributed by atoms with Crippen LogP contribution in [0.2, 0.25) is 0 Å². The molecule has 0 radical (unpaired) electrons. The zero-order valence-corrected chi connectivity index (χ0v) is 10.9. The lowest BCUT2D eigenvalue weighted by molar-refractivity contribution is 0.157. The van der Waals surface area contributed by atoms with E-state index < -0.39 is 0 Å². The second-order valence-electron chi connectivity index (χ2n) is 5.25. The maximum atomic E-state index is 9.70. The molecule has 0 bridgehead atoms. The molecule has 0 amide bonds. The Balaban J connectivity index is 1.75. The fraction of sp³-hybridized carbons (Fsp3) is 1.00. The van der Waals surface area contributed by atoms with Gasteiger partial charge < -0.3 is 10.4 Å². The van der Waals surface area contributed by atoms with Crippen LogP contribution in [0.5, 0.6) is 0 Å². The topological polar surface area (TPSA) is 32.3 Å². The molecule has 0 aromatic heterocycles. The number of hydrogen-bond acceptors (Lipinski definition) is 2. The molecule has 1 aliphatic rings. The van der Waals surface area contributed by atoms with Gasteiger partial charge in [-0.1, -0.05) is 51.9 Å². The van der Waals surface area contributed by atoms with Crippen LogP contribution >= 0.6 is 0 Å². The van der Waals surface area contributed by atoms with E-state index in [0.717, 1.165) is 19.0 Å². The summed E-state index contributed by atoms with van der Waals surface area (Å²) in [6, 6.07) is 0.726. The van der Waals surface area contributed by atoms with Crippen LogP contribution in [0, 0.1) is 0 Å². The zero-order chi connectivity index (χ0) is 11.6. The largest absolute Gasteiger partial charge is 0.392 e. The van der Waals surface area contributed by atoms with Gasteiger partial charge in [0, 0.05) is 12.6 Å². The van der Waals surface area contributed by atoms with Gasteiger partial charge >= 0.3 is 0 Å². The summed E-state index contributed by atoms with van der Waals surface area (Å²) in [7, 11) is 0. The molecular formula is C14H29NO. The quantitative estimate of drug-likeness (QED) is 0.531. The van der Waals surface area contributed by atoms with Crippen molar-refractivity contribution >= 4 is 0 Å². The average Bonchev–Trinajstić information content (AvgIpc) is 3.09. The summed E-state index contributed by atoms with van der Waals surface area (Å²) in [4.78, 5) is 0. The molecule has 2 heteroatoms. The van der Waals surface area contributed by atoms with Crippen molar-refractivity contribution in [2.45, 2.75) is 83.3 Å². The lowest BCUT2D eigenvalue weighted by Gasteiger charge is -2.10. The van der Waals surface area contributed by atoms with E-state index in [1.54, 1.807) is 0 Å². The average molecular weight is 227 g/mol. The van der Waals surface area contributed by atoms with Crippen LogP contribution in [0.15, 0.2) is 0 Å². The smallest absolute Gasteiger partial charge is 0.0664 e. The van der Waals surface area contributed by atoms with Gasteiger partial charge in [-0.15, -0.1) is 0 Å². The highest BCUT2D eigenvalue weighted by molar-refractivity contribution is 4.81. The summed E-state index contributed by atoms with van der Waals surface area (Å²) in [5.74, 6) is 0. The summed E-state index contributed by atoms with van der Waals surface area (Å²) in [6.45, 7) is 3.06. The Morgan fingerprint density at radius 1 is 1.06 bits per heavy atom. The standard InChI is InChI=1S/C14H29NO/c1-2-3-4-5-6-7-8-9-14(16)12-15-13-10-11-13/h13-16H,2-12H2,1H3. The molecule has 0 aromatic rings. The van der Waals surface area contributed by atoms with E-state index in [0.29, 0.717) is 0 Å². The van der Waals surface area contributed by atoms with E-state index >= 15 is 0 Å². The van der Waals surface area contributed by atoms with E-state index in [-0.39, 0.29) is 6.10 Å². The summed E-state index contributed by atoms with van der Waals surface area (Å²) in [6.07, 6.45) is 12.8. The van der Waals surface area contributed by atoms with E-state index in [9.17, 15) is 5.11 Å². The van der Waals surface area contributed by atoms with Gasteiger partial charge in [-0.2, -0.15) is 0 Å².